The molecule has 0 bridgehead atoms. The Morgan fingerprint density at radius 1 is 1.64 bits per heavy atom. The molecule has 0 unspecified atom stereocenters. The third-order valence-corrected chi connectivity index (χ3v) is 1.65. The van der Waals surface area contributed by atoms with Gasteiger partial charge in [-0.2, -0.15) is 0 Å². The average Bonchev–Trinajstić information content (AvgIpc) is 2.25. The summed E-state index contributed by atoms with van der Waals surface area (Å²) in [7, 11) is 0. The van der Waals surface area contributed by atoms with Crippen molar-refractivity contribution in [1.82, 2.24) is 10.3 Å². The topological polar surface area (TPSA) is 51.2 Å². The Balaban J connectivity index is 2.24. The summed E-state index contributed by atoms with van der Waals surface area (Å²) in [5, 5.41) is 2.73. The Hall–Kier alpha value is -1.42. The molecule has 0 aliphatic rings. The highest BCUT2D eigenvalue weighted by molar-refractivity contribution is 5.77. The maximum absolute atomic E-state index is 11.1. The molecule has 0 aliphatic heterocycles. The van der Waals surface area contributed by atoms with E-state index in [9.17, 15) is 4.79 Å². The van der Waals surface area contributed by atoms with Crippen molar-refractivity contribution < 1.29 is 9.53 Å². The van der Waals surface area contributed by atoms with Gasteiger partial charge in [0.1, 0.15) is 6.61 Å². The SMILES string of the molecule is CCOCC(=O)NCc1cccnc1. The maximum atomic E-state index is 11.1. The summed E-state index contributed by atoms with van der Waals surface area (Å²) in [5.74, 6) is -0.101. The van der Waals surface area contributed by atoms with Gasteiger partial charge in [0.15, 0.2) is 0 Å². The molecular formula is C10H14N2O2. The van der Waals surface area contributed by atoms with Gasteiger partial charge < -0.3 is 10.1 Å². The molecule has 14 heavy (non-hydrogen) atoms. The number of nitrogens with zero attached hydrogens (tertiary/aromatic N) is 1. The number of ether oxygens (including phenoxy) is 1. The predicted molar refractivity (Wildman–Crippen MR) is 52.6 cm³/mol. The molecule has 0 aromatic carbocycles. The second-order valence-corrected chi connectivity index (χ2v) is 2.78. The van der Waals surface area contributed by atoms with Crippen LogP contribution < -0.4 is 5.32 Å². The smallest absolute Gasteiger partial charge is 0.246 e. The lowest BCUT2D eigenvalue weighted by Crippen LogP contribution is -2.27. The minimum atomic E-state index is -0.101. The van der Waals surface area contributed by atoms with Gasteiger partial charge in [0.25, 0.3) is 0 Å². The Labute approximate surface area is 83.3 Å². The fourth-order valence-corrected chi connectivity index (χ4v) is 0.949. The minimum Gasteiger partial charge on any atom is -0.372 e. The molecule has 0 atom stereocenters. The molecule has 4 heteroatoms. The van der Waals surface area contributed by atoms with Crippen molar-refractivity contribution in [2.75, 3.05) is 13.2 Å². The first-order chi connectivity index (χ1) is 6.83. The van der Waals surface area contributed by atoms with Gasteiger partial charge in [-0.15, -0.1) is 0 Å². The number of carbonyl (C=O) groups excluding carboxylic acids is 1. The summed E-state index contributed by atoms with van der Waals surface area (Å²) in [6.45, 7) is 3.03. The average molecular weight is 194 g/mol. The first-order valence-electron chi connectivity index (χ1n) is 4.56. The predicted octanol–water partition coefficient (Wildman–Crippen LogP) is 0.734. The highest BCUT2D eigenvalue weighted by Crippen LogP contribution is 1.93. The van der Waals surface area contributed by atoms with Gasteiger partial charge in [-0.3, -0.25) is 9.78 Å². The number of amides is 1. The first kappa shape index (κ1) is 10.7. The van der Waals surface area contributed by atoms with Crippen LogP contribution in [0.15, 0.2) is 24.5 Å². The maximum Gasteiger partial charge on any atom is 0.246 e. The molecule has 76 valence electrons. The van der Waals surface area contributed by atoms with Crippen molar-refractivity contribution in [1.29, 1.82) is 0 Å². The van der Waals surface area contributed by atoms with Gasteiger partial charge in [0.2, 0.25) is 5.91 Å². The van der Waals surface area contributed by atoms with Crippen molar-refractivity contribution >= 4 is 5.91 Å². The summed E-state index contributed by atoms with van der Waals surface area (Å²) < 4.78 is 4.96. The van der Waals surface area contributed by atoms with Crippen molar-refractivity contribution in [3.8, 4) is 0 Å². The second kappa shape index (κ2) is 6.10. The molecule has 0 saturated heterocycles. The summed E-state index contributed by atoms with van der Waals surface area (Å²) in [5.41, 5.74) is 0.984. The van der Waals surface area contributed by atoms with Crippen LogP contribution in [0.4, 0.5) is 0 Å². The van der Waals surface area contributed by atoms with Crippen LogP contribution in [0, 0.1) is 0 Å². The number of hydrogen-bond acceptors (Lipinski definition) is 3. The van der Waals surface area contributed by atoms with E-state index in [4.69, 9.17) is 4.74 Å². The van der Waals surface area contributed by atoms with Crippen molar-refractivity contribution in [3.63, 3.8) is 0 Å². The lowest BCUT2D eigenvalue weighted by Gasteiger charge is -2.04. The molecular weight excluding hydrogens is 180 g/mol. The fraction of sp³-hybridized carbons (Fsp3) is 0.400. The standard InChI is InChI=1S/C10H14N2O2/c1-2-14-8-10(13)12-7-9-4-3-5-11-6-9/h3-6H,2,7-8H2,1H3,(H,12,13). The number of pyridine rings is 1. The summed E-state index contributed by atoms with van der Waals surface area (Å²) >= 11 is 0. The van der Waals surface area contributed by atoms with Crippen molar-refractivity contribution in [2.24, 2.45) is 0 Å². The van der Waals surface area contributed by atoms with Gasteiger partial charge in [-0.05, 0) is 18.6 Å². The van der Waals surface area contributed by atoms with E-state index in [1.165, 1.54) is 0 Å². The van der Waals surface area contributed by atoms with Crippen LogP contribution in [0.25, 0.3) is 0 Å². The first-order valence-corrected chi connectivity index (χ1v) is 4.56. The number of hydrogen-bond donors (Lipinski definition) is 1. The van der Waals surface area contributed by atoms with Gasteiger partial charge in [0, 0.05) is 25.5 Å². The van der Waals surface area contributed by atoms with Crippen LogP contribution in [-0.2, 0) is 16.1 Å². The molecule has 1 heterocycles. The van der Waals surface area contributed by atoms with E-state index in [-0.39, 0.29) is 12.5 Å². The van der Waals surface area contributed by atoms with E-state index in [0.29, 0.717) is 13.2 Å². The molecule has 0 fully saturated rings. The van der Waals surface area contributed by atoms with Crippen LogP contribution in [0.1, 0.15) is 12.5 Å². The molecule has 0 radical (unpaired) electrons. The molecule has 0 saturated carbocycles. The molecule has 1 N–H and O–H groups in total. The number of rotatable bonds is 5. The molecule has 1 aromatic rings. The van der Waals surface area contributed by atoms with Crippen LogP contribution in [0.5, 0.6) is 0 Å². The minimum absolute atomic E-state index is 0.101. The zero-order valence-electron chi connectivity index (χ0n) is 8.19. The molecule has 0 aliphatic carbocycles. The van der Waals surface area contributed by atoms with Crippen LogP contribution in [-0.4, -0.2) is 24.1 Å². The number of carbonyl (C=O) groups is 1. The lowest BCUT2D eigenvalue weighted by molar-refractivity contribution is -0.125. The van der Waals surface area contributed by atoms with Crippen LogP contribution >= 0.6 is 0 Å². The molecule has 4 nitrogen and oxygen atoms in total. The Kier molecular flexibility index (Phi) is 4.64. The third kappa shape index (κ3) is 4.00. The summed E-state index contributed by atoms with van der Waals surface area (Å²) in [4.78, 5) is 15.1. The highest BCUT2D eigenvalue weighted by atomic mass is 16.5. The summed E-state index contributed by atoms with van der Waals surface area (Å²) in [6.07, 6.45) is 3.42. The Bertz CT molecular complexity index is 275. The van der Waals surface area contributed by atoms with E-state index in [2.05, 4.69) is 10.3 Å². The van der Waals surface area contributed by atoms with Gasteiger partial charge >= 0.3 is 0 Å². The molecule has 1 rings (SSSR count). The highest BCUT2D eigenvalue weighted by Gasteiger charge is 1.99. The van der Waals surface area contributed by atoms with E-state index >= 15 is 0 Å². The van der Waals surface area contributed by atoms with E-state index in [1.54, 1.807) is 12.4 Å². The van der Waals surface area contributed by atoms with Crippen LogP contribution in [0.2, 0.25) is 0 Å². The Morgan fingerprint density at radius 3 is 3.14 bits per heavy atom. The van der Waals surface area contributed by atoms with Gasteiger partial charge in [-0.25, -0.2) is 0 Å². The van der Waals surface area contributed by atoms with E-state index < -0.39 is 0 Å². The Morgan fingerprint density at radius 2 is 2.50 bits per heavy atom. The third-order valence-electron chi connectivity index (χ3n) is 1.65. The largest absolute Gasteiger partial charge is 0.372 e. The second-order valence-electron chi connectivity index (χ2n) is 2.78. The quantitative estimate of drug-likeness (QED) is 0.752. The van der Waals surface area contributed by atoms with Crippen molar-refractivity contribution in [3.05, 3.63) is 30.1 Å². The zero-order chi connectivity index (χ0) is 10.2. The van der Waals surface area contributed by atoms with E-state index in [1.807, 2.05) is 19.1 Å². The number of aromatic nitrogens is 1. The molecule has 1 amide bonds. The van der Waals surface area contributed by atoms with Crippen molar-refractivity contribution in [2.45, 2.75) is 13.5 Å². The van der Waals surface area contributed by atoms with Gasteiger partial charge in [0.05, 0.1) is 0 Å². The molecule has 0 spiro atoms. The zero-order valence-corrected chi connectivity index (χ0v) is 8.19. The monoisotopic (exact) mass is 194 g/mol. The molecule has 1 aromatic heterocycles. The van der Waals surface area contributed by atoms with Gasteiger partial charge in [-0.1, -0.05) is 6.07 Å². The van der Waals surface area contributed by atoms with E-state index in [0.717, 1.165) is 5.56 Å². The summed E-state index contributed by atoms with van der Waals surface area (Å²) in [6, 6.07) is 3.75. The lowest BCUT2D eigenvalue weighted by atomic mass is 10.3. The van der Waals surface area contributed by atoms with Crippen LogP contribution in [0.3, 0.4) is 0 Å². The fourth-order valence-electron chi connectivity index (χ4n) is 0.949. The normalized spacial score (nSPS) is 9.79. The number of nitrogens with one attached hydrogen (secondary N) is 1.